The Morgan fingerprint density at radius 1 is 1.25 bits per heavy atom. The highest BCUT2D eigenvalue weighted by Crippen LogP contribution is 2.43. The fraction of sp³-hybridized carbons (Fsp3) is 0.444. The summed E-state index contributed by atoms with van der Waals surface area (Å²) in [7, 11) is 0. The fourth-order valence-corrected chi connectivity index (χ4v) is 3.77. The highest BCUT2D eigenvalue weighted by Gasteiger charge is 2.35. The molecule has 0 spiro atoms. The van der Waals surface area contributed by atoms with Gasteiger partial charge in [0.25, 0.3) is 0 Å². The van der Waals surface area contributed by atoms with Gasteiger partial charge in [-0.3, -0.25) is 0 Å². The van der Waals surface area contributed by atoms with Crippen LogP contribution in [0, 0.1) is 17.8 Å². The Kier molecular flexibility index (Phi) is 2.92. The zero-order valence-electron chi connectivity index (χ0n) is 11.9. The minimum Gasteiger partial charge on any atom is -0.459 e. The summed E-state index contributed by atoms with van der Waals surface area (Å²) >= 11 is 0. The van der Waals surface area contributed by atoms with Crippen molar-refractivity contribution in [1.82, 2.24) is 5.32 Å². The van der Waals surface area contributed by atoms with Crippen LogP contribution >= 0.6 is 0 Å². The zero-order chi connectivity index (χ0) is 13.5. The predicted octanol–water partition coefficient (Wildman–Crippen LogP) is 4.30. The summed E-state index contributed by atoms with van der Waals surface area (Å²) in [5, 5.41) is 4.85. The molecule has 2 aliphatic carbocycles. The van der Waals surface area contributed by atoms with Gasteiger partial charge in [-0.05, 0) is 56.2 Å². The third-order valence-electron chi connectivity index (χ3n) is 4.97. The number of rotatable bonds is 4. The average molecular weight is 267 g/mol. The Morgan fingerprint density at radius 3 is 2.90 bits per heavy atom. The van der Waals surface area contributed by atoms with Crippen LogP contribution in [0.3, 0.4) is 0 Å². The van der Waals surface area contributed by atoms with Crippen LogP contribution in [0.2, 0.25) is 0 Å². The van der Waals surface area contributed by atoms with Crippen LogP contribution in [0.5, 0.6) is 0 Å². The number of furan rings is 1. The molecule has 1 aromatic carbocycles. The van der Waals surface area contributed by atoms with Crippen LogP contribution < -0.4 is 5.32 Å². The molecule has 1 fully saturated rings. The molecule has 104 valence electrons. The van der Waals surface area contributed by atoms with E-state index in [0.717, 1.165) is 35.6 Å². The summed E-state index contributed by atoms with van der Waals surface area (Å²) in [6.45, 7) is 3.30. The maximum Gasteiger partial charge on any atom is 0.134 e. The first-order valence-corrected chi connectivity index (χ1v) is 7.70. The lowest BCUT2D eigenvalue weighted by Crippen LogP contribution is -2.27. The molecule has 0 amide bonds. The lowest BCUT2D eigenvalue weighted by atomic mass is 9.93. The predicted molar refractivity (Wildman–Crippen MR) is 81.5 cm³/mol. The number of para-hydroxylation sites is 1. The van der Waals surface area contributed by atoms with Crippen molar-refractivity contribution in [3.8, 4) is 0 Å². The van der Waals surface area contributed by atoms with Crippen molar-refractivity contribution < 1.29 is 4.42 Å². The van der Waals surface area contributed by atoms with Gasteiger partial charge in [0.1, 0.15) is 11.3 Å². The molecule has 2 bridgehead atoms. The van der Waals surface area contributed by atoms with Gasteiger partial charge in [0.15, 0.2) is 0 Å². The summed E-state index contributed by atoms with van der Waals surface area (Å²) in [6, 6.07) is 10.7. The Morgan fingerprint density at radius 2 is 2.15 bits per heavy atom. The molecule has 1 N–H and O–H groups in total. The Hall–Kier alpha value is -1.54. The van der Waals surface area contributed by atoms with Crippen LogP contribution in [0.1, 0.15) is 31.6 Å². The van der Waals surface area contributed by atoms with Gasteiger partial charge in [0.2, 0.25) is 0 Å². The summed E-state index contributed by atoms with van der Waals surface area (Å²) in [6.07, 6.45) is 7.57. The number of nitrogens with one attached hydrogen (secondary N) is 1. The lowest BCUT2D eigenvalue weighted by molar-refractivity contribution is 0.370. The number of hydrogen-bond acceptors (Lipinski definition) is 2. The van der Waals surface area contributed by atoms with Crippen LogP contribution in [0.15, 0.2) is 46.9 Å². The van der Waals surface area contributed by atoms with Gasteiger partial charge < -0.3 is 9.73 Å². The quantitative estimate of drug-likeness (QED) is 0.836. The van der Waals surface area contributed by atoms with Gasteiger partial charge in [-0.15, -0.1) is 0 Å². The van der Waals surface area contributed by atoms with Gasteiger partial charge in [-0.1, -0.05) is 30.4 Å². The molecule has 4 rings (SSSR count). The molecule has 2 heteroatoms. The largest absolute Gasteiger partial charge is 0.459 e. The van der Waals surface area contributed by atoms with Crippen molar-refractivity contribution in [1.29, 1.82) is 0 Å². The first kappa shape index (κ1) is 12.2. The third-order valence-corrected chi connectivity index (χ3v) is 4.97. The molecule has 20 heavy (non-hydrogen) atoms. The van der Waals surface area contributed by atoms with E-state index < -0.39 is 0 Å². The van der Waals surface area contributed by atoms with E-state index in [1.54, 1.807) is 0 Å². The Bertz CT molecular complexity index is 609. The maximum absolute atomic E-state index is 5.93. The second-order valence-corrected chi connectivity index (χ2v) is 6.36. The normalized spacial score (nSPS) is 29.4. The van der Waals surface area contributed by atoms with E-state index in [0.29, 0.717) is 0 Å². The van der Waals surface area contributed by atoms with Gasteiger partial charge in [0, 0.05) is 5.39 Å². The van der Waals surface area contributed by atoms with Crippen LogP contribution in [0.4, 0.5) is 0 Å². The molecule has 2 aliphatic rings. The van der Waals surface area contributed by atoms with Crippen molar-refractivity contribution in [2.45, 2.75) is 25.8 Å². The van der Waals surface area contributed by atoms with E-state index in [-0.39, 0.29) is 6.04 Å². The lowest BCUT2D eigenvalue weighted by Gasteiger charge is -2.20. The molecule has 1 aromatic heterocycles. The van der Waals surface area contributed by atoms with E-state index >= 15 is 0 Å². The first-order chi connectivity index (χ1) is 9.79. The van der Waals surface area contributed by atoms with E-state index in [2.05, 4.69) is 42.6 Å². The van der Waals surface area contributed by atoms with Crippen molar-refractivity contribution in [3.05, 3.63) is 48.2 Å². The summed E-state index contributed by atoms with van der Waals surface area (Å²) in [5.41, 5.74) is 0.985. The number of allylic oxidation sites excluding steroid dienone is 2. The highest BCUT2D eigenvalue weighted by atomic mass is 16.3. The van der Waals surface area contributed by atoms with Crippen molar-refractivity contribution in [2.75, 3.05) is 6.54 Å². The minimum absolute atomic E-state index is 0.283. The molecule has 1 heterocycles. The van der Waals surface area contributed by atoms with Gasteiger partial charge in [0.05, 0.1) is 6.04 Å². The van der Waals surface area contributed by atoms with Crippen molar-refractivity contribution >= 4 is 11.0 Å². The number of fused-ring (bicyclic) bond motifs is 3. The monoisotopic (exact) mass is 267 g/mol. The molecular formula is C18H21NO. The van der Waals surface area contributed by atoms with Gasteiger partial charge in [-0.2, -0.15) is 0 Å². The Labute approximate surface area is 119 Å². The number of benzene rings is 1. The topological polar surface area (TPSA) is 25.2 Å². The van der Waals surface area contributed by atoms with E-state index in [4.69, 9.17) is 4.42 Å². The zero-order valence-corrected chi connectivity index (χ0v) is 11.9. The second kappa shape index (κ2) is 4.78. The molecule has 4 atom stereocenters. The molecule has 2 nitrogen and oxygen atoms in total. The van der Waals surface area contributed by atoms with Crippen LogP contribution in [-0.4, -0.2) is 6.54 Å². The standard InChI is InChI=1S/C18H21NO/c1-12(18-10-15-4-2-3-5-17(15)20-18)19-11-16-9-13-6-7-14(16)8-13/h2-7,10,12-14,16,19H,8-9,11H2,1H3. The first-order valence-electron chi connectivity index (χ1n) is 7.70. The van der Waals surface area contributed by atoms with Crippen molar-refractivity contribution in [3.63, 3.8) is 0 Å². The van der Waals surface area contributed by atoms with E-state index in [9.17, 15) is 0 Å². The van der Waals surface area contributed by atoms with Crippen molar-refractivity contribution in [2.24, 2.45) is 17.8 Å². The molecule has 1 saturated carbocycles. The smallest absolute Gasteiger partial charge is 0.134 e. The maximum atomic E-state index is 5.93. The average Bonchev–Trinajstić information content (AvgIpc) is 3.18. The fourth-order valence-electron chi connectivity index (χ4n) is 3.77. The minimum atomic E-state index is 0.283. The van der Waals surface area contributed by atoms with Crippen LogP contribution in [-0.2, 0) is 0 Å². The summed E-state index contributed by atoms with van der Waals surface area (Å²) < 4.78 is 5.93. The highest BCUT2D eigenvalue weighted by molar-refractivity contribution is 5.77. The molecule has 2 aromatic rings. The van der Waals surface area contributed by atoms with E-state index in [1.165, 1.54) is 18.2 Å². The Balaban J connectivity index is 1.42. The van der Waals surface area contributed by atoms with E-state index in [1.807, 2.05) is 12.1 Å². The summed E-state index contributed by atoms with van der Waals surface area (Å²) in [4.78, 5) is 0. The van der Waals surface area contributed by atoms with Crippen LogP contribution in [0.25, 0.3) is 11.0 Å². The number of hydrogen-bond donors (Lipinski definition) is 1. The molecule has 0 aliphatic heterocycles. The third kappa shape index (κ3) is 2.08. The van der Waals surface area contributed by atoms with Gasteiger partial charge >= 0.3 is 0 Å². The van der Waals surface area contributed by atoms with Gasteiger partial charge in [-0.25, -0.2) is 0 Å². The molecular weight excluding hydrogens is 246 g/mol. The molecule has 4 unspecified atom stereocenters. The molecule has 0 saturated heterocycles. The molecule has 0 radical (unpaired) electrons. The second-order valence-electron chi connectivity index (χ2n) is 6.36. The SMILES string of the molecule is CC(NCC1CC2C=CC1C2)c1cc2ccccc2o1. The summed E-state index contributed by atoms with van der Waals surface area (Å²) in [5.74, 6) is 3.53.